The van der Waals surface area contributed by atoms with Crippen molar-refractivity contribution in [1.29, 1.82) is 0 Å². The molecule has 1 atom stereocenters. The molecule has 5 heteroatoms. The first-order valence-corrected chi connectivity index (χ1v) is 6.03. The van der Waals surface area contributed by atoms with Crippen LogP contribution in [0.1, 0.15) is 11.6 Å². The third kappa shape index (κ3) is 3.41. The van der Waals surface area contributed by atoms with Gasteiger partial charge in [-0.05, 0) is 29.8 Å². The summed E-state index contributed by atoms with van der Waals surface area (Å²) in [6, 6.07) is 14.5. The van der Waals surface area contributed by atoms with Crippen molar-refractivity contribution in [1.82, 2.24) is 0 Å². The molecule has 0 aromatic heterocycles. The second kappa shape index (κ2) is 6.47. The lowest BCUT2D eigenvalue weighted by Crippen LogP contribution is -2.11. The predicted octanol–water partition coefficient (Wildman–Crippen LogP) is 3.39. The van der Waals surface area contributed by atoms with E-state index >= 15 is 0 Å². The smallest absolute Gasteiger partial charge is 0.337 e. The molecule has 0 spiro atoms. The van der Waals surface area contributed by atoms with E-state index < -0.39 is 12.0 Å². The van der Waals surface area contributed by atoms with Crippen molar-refractivity contribution in [2.45, 2.75) is 6.04 Å². The number of hydrogen-bond donors (Lipinski definition) is 1. The molecule has 2 aromatic carbocycles. The van der Waals surface area contributed by atoms with Crippen LogP contribution in [0.5, 0.6) is 5.75 Å². The molecule has 0 aliphatic carbocycles. The fourth-order valence-corrected chi connectivity index (χ4v) is 1.64. The third-order valence-electron chi connectivity index (χ3n) is 2.68. The minimum Gasteiger partial charge on any atom is -0.508 e. The monoisotopic (exact) mass is 270 g/mol. The molecular weight excluding hydrogens is 256 g/mol. The molecule has 0 bridgehead atoms. The van der Waals surface area contributed by atoms with Crippen LogP contribution < -0.4 is 0 Å². The Balaban J connectivity index is 2.24. The molecule has 0 saturated heterocycles. The lowest BCUT2D eigenvalue weighted by molar-refractivity contribution is -0.142. The Morgan fingerprint density at radius 2 is 1.75 bits per heavy atom. The highest BCUT2D eigenvalue weighted by atomic mass is 16.5. The maximum absolute atomic E-state index is 11.8. The number of phenols is 1. The largest absolute Gasteiger partial charge is 0.508 e. The summed E-state index contributed by atoms with van der Waals surface area (Å²) in [5, 5.41) is 17.2. The molecule has 2 aromatic rings. The molecule has 1 N–H and O–H groups in total. The minimum atomic E-state index is -0.796. The standard InChI is InChI=1S/C15H14N2O3/c1-20-15(19)14(11-5-3-2-4-6-11)17-16-12-7-9-13(18)10-8-12/h2-10,14,18H,1H3. The molecule has 0 fully saturated rings. The Labute approximate surface area is 116 Å². The number of hydrogen-bond acceptors (Lipinski definition) is 5. The maximum Gasteiger partial charge on any atom is 0.337 e. The fraction of sp³-hybridized carbons (Fsp3) is 0.133. The maximum atomic E-state index is 11.8. The third-order valence-corrected chi connectivity index (χ3v) is 2.68. The number of nitrogens with zero attached hydrogens (tertiary/aromatic N) is 2. The van der Waals surface area contributed by atoms with Gasteiger partial charge in [0.1, 0.15) is 5.75 Å². The van der Waals surface area contributed by atoms with E-state index in [1.165, 1.54) is 19.2 Å². The van der Waals surface area contributed by atoms with E-state index in [2.05, 4.69) is 10.2 Å². The van der Waals surface area contributed by atoms with Gasteiger partial charge in [0.15, 0.2) is 6.04 Å². The average molecular weight is 270 g/mol. The SMILES string of the molecule is COC(=O)C(N=Nc1ccc(O)cc1)c1ccccc1. The molecular formula is C15H14N2O3. The van der Waals surface area contributed by atoms with Crippen LogP contribution in [0, 0.1) is 0 Å². The van der Waals surface area contributed by atoms with Crippen LogP contribution >= 0.6 is 0 Å². The van der Waals surface area contributed by atoms with Crippen molar-refractivity contribution < 1.29 is 14.6 Å². The summed E-state index contributed by atoms with van der Waals surface area (Å²) in [6.07, 6.45) is 0. The van der Waals surface area contributed by atoms with E-state index in [4.69, 9.17) is 4.74 Å². The van der Waals surface area contributed by atoms with Crippen LogP contribution in [-0.2, 0) is 9.53 Å². The number of ether oxygens (including phenoxy) is 1. The quantitative estimate of drug-likeness (QED) is 0.683. The molecule has 0 aliphatic heterocycles. The summed E-state index contributed by atoms with van der Waals surface area (Å²) in [7, 11) is 1.31. The van der Waals surface area contributed by atoms with Gasteiger partial charge in [-0.2, -0.15) is 10.2 Å². The molecule has 2 rings (SSSR count). The molecule has 0 amide bonds. The Bertz CT molecular complexity index is 594. The number of benzene rings is 2. The molecule has 1 unspecified atom stereocenters. The number of azo groups is 1. The van der Waals surface area contributed by atoms with E-state index in [-0.39, 0.29) is 5.75 Å². The van der Waals surface area contributed by atoms with Gasteiger partial charge in [-0.15, -0.1) is 0 Å². The van der Waals surface area contributed by atoms with Gasteiger partial charge in [0.2, 0.25) is 0 Å². The van der Waals surface area contributed by atoms with Crippen LogP contribution in [0.2, 0.25) is 0 Å². The zero-order valence-corrected chi connectivity index (χ0v) is 10.9. The second-order valence-electron chi connectivity index (χ2n) is 4.07. The Morgan fingerprint density at radius 3 is 2.35 bits per heavy atom. The predicted molar refractivity (Wildman–Crippen MR) is 73.8 cm³/mol. The average Bonchev–Trinajstić information content (AvgIpc) is 2.50. The first kappa shape index (κ1) is 13.7. The van der Waals surface area contributed by atoms with Crippen molar-refractivity contribution in [2.24, 2.45) is 10.2 Å². The number of esters is 1. The van der Waals surface area contributed by atoms with Gasteiger partial charge in [-0.25, -0.2) is 4.79 Å². The van der Waals surface area contributed by atoms with Gasteiger partial charge in [-0.3, -0.25) is 0 Å². The lowest BCUT2D eigenvalue weighted by Gasteiger charge is -2.08. The normalized spacial score (nSPS) is 12.2. The minimum absolute atomic E-state index is 0.150. The van der Waals surface area contributed by atoms with E-state index in [0.29, 0.717) is 11.3 Å². The van der Waals surface area contributed by atoms with Crippen molar-refractivity contribution in [3.8, 4) is 5.75 Å². The summed E-state index contributed by atoms with van der Waals surface area (Å²) in [4.78, 5) is 11.8. The first-order valence-electron chi connectivity index (χ1n) is 6.03. The Hall–Kier alpha value is -2.69. The van der Waals surface area contributed by atoms with E-state index in [9.17, 15) is 9.90 Å². The van der Waals surface area contributed by atoms with Crippen molar-refractivity contribution in [3.05, 3.63) is 60.2 Å². The van der Waals surface area contributed by atoms with Crippen LogP contribution in [0.4, 0.5) is 5.69 Å². The Kier molecular flexibility index (Phi) is 4.44. The first-order chi connectivity index (χ1) is 9.70. The number of rotatable bonds is 4. The Morgan fingerprint density at radius 1 is 1.10 bits per heavy atom. The van der Waals surface area contributed by atoms with Crippen LogP contribution in [0.25, 0.3) is 0 Å². The second-order valence-corrected chi connectivity index (χ2v) is 4.07. The summed E-state index contributed by atoms with van der Waals surface area (Å²) in [6.45, 7) is 0. The number of methoxy groups -OCH3 is 1. The highest BCUT2D eigenvalue weighted by molar-refractivity contribution is 5.77. The van der Waals surface area contributed by atoms with Gasteiger partial charge in [0.05, 0.1) is 12.8 Å². The number of carbonyl (C=O) groups is 1. The topological polar surface area (TPSA) is 71.2 Å². The van der Waals surface area contributed by atoms with Gasteiger partial charge < -0.3 is 9.84 Å². The highest BCUT2D eigenvalue weighted by Crippen LogP contribution is 2.23. The van der Waals surface area contributed by atoms with Crippen molar-refractivity contribution in [2.75, 3.05) is 7.11 Å². The number of aromatic hydroxyl groups is 1. The molecule has 20 heavy (non-hydrogen) atoms. The van der Waals surface area contributed by atoms with Gasteiger partial charge in [0, 0.05) is 0 Å². The molecule has 0 heterocycles. The van der Waals surface area contributed by atoms with Crippen LogP contribution in [-0.4, -0.2) is 18.2 Å². The van der Waals surface area contributed by atoms with Crippen LogP contribution in [0.15, 0.2) is 64.8 Å². The van der Waals surface area contributed by atoms with Crippen molar-refractivity contribution in [3.63, 3.8) is 0 Å². The fourth-order valence-electron chi connectivity index (χ4n) is 1.64. The summed E-state index contributed by atoms with van der Waals surface area (Å²) >= 11 is 0. The van der Waals surface area contributed by atoms with Gasteiger partial charge in [0.25, 0.3) is 0 Å². The van der Waals surface area contributed by atoms with Gasteiger partial charge >= 0.3 is 5.97 Å². The summed E-state index contributed by atoms with van der Waals surface area (Å²) in [5.41, 5.74) is 1.26. The number of carbonyl (C=O) groups excluding carboxylic acids is 1. The zero-order valence-electron chi connectivity index (χ0n) is 10.9. The van der Waals surface area contributed by atoms with E-state index in [1.807, 2.05) is 18.2 Å². The van der Waals surface area contributed by atoms with Gasteiger partial charge in [-0.1, -0.05) is 30.3 Å². The molecule has 0 radical (unpaired) electrons. The summed E-state index contributed by atoms with van der Waals surface area (Å²) in [5.74, 6) is -0.324. The van der Waals surface area contributed by atoms with E-state index in [1.54, 1.807) is 24.3 Å². The summed E-state index contributed by atoms with van der Waals surface area (Å²) < 4.78 is 4.74. The zero-order chi connectivity index (χ0) is 14.4. The lowest BCUT2D eigenvalue weighted by atomic mass is 10.1. The van der Waals surface area contributed by atoms with E-state index in [0.717, 1.165) is 0 Å². The van der Waals surface area contributed by atoms with Crippen molar-refractivity contribution >= 4 is 11.7 Å². The molecule has 102 valence electrons. The molecule has 0 aliphatic rings. The van der Waals surface area contributed by atoms with Crippen LogP contribution in [0.3, 0.4) is 0 Å². The highest BCUT2D eigenvalue weighted by Gasteiger charge is 2.20. The molecule has 5 nitrogen and oxygen atoms in total. The number of phenolic OH excluding ortho intramolecular Hbond substituents is 1. The molecule has 0 saturated carbocycles.